The quantitative estimate of drug-likeness (QED) is 0.130. The SMILES string of the molecule is O=C1c2ccccc2C(c2ccc(OCC3CO3)cc2)(c2ccc(OCC3OC3I)cc2)N1c1ccccc1. The number of hydrogen-bond donors (Lipinski definition) is 0. The van der Waals surface area contributed by atoms with Crippen molar-refractivity contribution in [3.63, 3.8) is 0 Å². The van der Waals surface area contributed by atoms with Crippen LogP contribution >= 0.6 is 22.6 Å². The van der Waals surface area contributed by atoms with Gasteiger partial charge in [-0.3, -0.25) is 9.69 Å². The molecule has 39 heavy (non-hydrogen) atoms. The molecule has 3 aliphatic heterocycles. The third kappa shape index (κ3) is 4.48. The van der Waals surface area contributed by atoms with E-state index in [4.69, 9.17) is 18.9 Å². The second-order valence-electron chi connectivity index (χ2n) is 9.88. The maximum atomic E-state index is 14.1. The van der Waals surface area contributed by atoms with Crippen LogP contribution in [0.1, 0.15) is 27.0 Å². The van der Waals surface area contributed by atoms with Gasteiger partial charge in [-0.2, -0.15) is 0 Å². The zero-order valence-electron chi connectivity index (χ0n) is 21.0. The molecule has 2 saturated heterocycles. The van der Waals surface area contributed by atoms with Crippen LogP contribution in [-0.2, 0) is 15.0 Å². The first-order valence-corrected chi connectivity index (χ1v) is 14.3. The molecule has 196 valence electrons. The zero-order chi connectivity index (χ0) is 26.4. The number of anilines is 1. The molecule has 3 heterocycles. The Bertz CT molecular complexity index is 1490. The molecular formula is C32H26INO5. The number of carbonyl (C=O) groups is 1. The summed E-state index contributed by atoms with van der Waals surface area (Å²) >= 11 is 2.27. The summed E-state index contributed by atoms with van der Waals surface area (Å²) in [6.45, 7) is 1.80. The number of hydrogen-bond acceptors (Lipinski definition) is 5. The molecule has 4 aromatic rings. The van der Waals surface area contributed by atoms with E-state index in [0.29, 0.717) is 18.8 Å². The molecule has 0 bridgehead atoms. The van der Waals surface area contributed by atoms with Crippen LogP contribution in [0.4, 0.5) is 5.69 Å². The van der Waals surface area contributed by atoms with Gasteiger partial charge in [-0.15, -0.1) is 0 Å². The standard InChI is InChI=1S/C32H26INO5/c33-30-29(39-30)20-38-25-16-12-22(13-17-25)32(21-10-14-24(15-11-21)36-18-26-19-37-26)28-9-5-4-8-27(28)31(35)34(32)23-6-2-1-3-7-23/h1-17,26,29-30H,18-20H2. The first-order valence-electron chi connectivity index (χ1n) is 13.0. The summed E-state index contributed by atoms with van der Waals surface area (Å²) in [4.78, 5) is 16.1. The number of halogens is 1. The molecule has 4 aromatic carbocycles. The third-order valence-electron chi connectivity index (χ3n) is 7.42. The van der Waals surface area contributed by atoms with E-state index >= 15 is 0 Å². The number of benzene rings is 4. The van der Waals surface area contributed by atoms with E-state index in [9.17, 15) is 4.79 Å². The molecule has 4 unspecified atom stereocenters. The first kappa shape index (κ1) is 24.6. The maximum absolute atomic E-state index is 14.1. The molecule has 2 fully saturated rings. The lowest BCUT2D eigenvalue weighted by Crippen LogP contribution is -2.46. The van der Waals surface area contributed by atoms with Crippen molar-refractivity contribution in [2.24, 2.45) is 0 Å². The van der Waals surface area contributed by atoms with E-state index in [1.807, 2.05) is 77.7 Å². The number of epoxide rings is 2. The van der Waals surface area contributed by atoms with Crippen LogP contribution < -0.4 is 14.4 Å². The highest BCUT2D eigenvalue weighted by Gasteiger charge is 2.52. The van der Waals surface area contributed by atoms with Crippen molar-refractivity contribution in [1.29, 1.82) is 0 Å². The highest BCUT2D eigenvalue weighted by atomic mass is 127. The van der Waals surface area contributed by atoms with Crippen molar-refractivity contribution in [1.82, 2.24) is 0 Å². The lowest BCUT2D eigenvalue weighted by atomic mass is 9.76. The normalized spacial score (nSPS) is 24.8. The summed E-state index contributed by atoms with van der Waals surface area (Å²) in [6.07, 6.45) is 0.315. The van der Waals surface area contributed by atoms with Crippen LogP contribution in [0.15, 0.2) is 103 Å². The van der Waals surface area contributed by atoms with Gasteiger partial charge in [0.05, 0.1) is 6.61 Å². The van der Waals surface area contributed by atoms with Crippen LogP contribution in [-0.4, -0.2) is 42.0 Å². The Morgan fingerprint density at radius 3 is 1.95 bits per heavy atom. The Kier molecular flexibility index (Phi) is 6.29. The summed E-state index contributed by atoms with van der Waals surface area (Å²) < 4.78 is 22.9. The summed E-state index contributed by atoms with van der Waals surface area (Å²) in [5.41, 5.74) is 3.49. The Labute approximate surface area is 240 Å². The van der Waals surface area contributed by atoms with Crippen molar-refractivity contribution in [2.75, 3.05) is 24.7 Å². The molecule has 3 aliphatic rings. The maximum Gasteiger partial charge on any atom is 0.260 e. The van der Waals surface area contributed by atoms with Crippen LogP contribution in [0, 0.1) is 0 Å². The number of para-hydroxylation sites is 1. The molecular weight excluding hydrogens is 605 g/mol. The Hall–Kier alpha value is -3.40. The monoisotopic (exact) mass is 631 g/mol. The number of nitrogens with zero attached hydrogens (tertiary/aromatic N) is 1. The lowest BCUT2D eigenvalue weighted by molar-refractivity contribution is 0.0986. The summed E-state index contributed by atoms with van der Waals surface area (Å²) in [6, 6.07) is 33.9. The number of rotatable bonds is 9. The second kappa shape index (κ2) is 9.97. The number of ether oxygens (including phenoxy) is 4. The summed E-state index contributed by atoms with van der Waals surface area (Å²) in [5, 5.41) is 0. The zero-order valence-corrected chi connectivity index (χ0v) is 23.2. The predicted molar refractivity (Wildman–Crippen MR) is 156 cm³/mol. The van der Waals surface area contributed by atoms with Crippen LogP contribution in [0.3, 0.4) is 0 Å². The molecule has 0 N–H and O–H groups in total. The smallest absolute Gasteiger partial charge is 0.260 e. The van der Waals surface area contributed by atoms with E-state index in [0.717, 1.165) is 40.5 Å². The van der Waals surface area contributed by atoms with Gasteiger partial charge in [-0.25, -0.2) is 0 Å². The fraction of sp³-hybridized carbons (Fsp3) is 0.219. The third-order valence-corrected chi connectivity index (χ3v) is 8.51. The molecule has 0 saturated carbocycles. The fourth-order valence-corrected chi connectivity index (χ4v) is 5.94. The van der Waals surface area contributed by atoms with Gasteiger partial charge >= 0.3 is 0 Å². The predicted octanol–water partition coefficient (Wildman–Crippen LogP) is 5.96. The lowest BCUT2D eigenvalue weighted by Gasteiger charge is -2.40. The Morgan fingerprint density at radius 1 is 0.795 bits per heavy atom. The largest absolute Gasteiger partial charge is 0.491 e. The Morgan fingerprint density at radius 2 is 1.36 bits per heavy atom. The van der Waals surface area contributed by atoms with Gasteiger partial charge < -0.3 is 18.9 Å². The highest BCUT2D eigenvalue weighted by Crippen LogP contribution is 2.51. The van der Waals surface area contributed by atoms with E-state index in [2.05, 4.69) is 52.9 Å². The highest BCUT2D eigenvalue weighted by molar-refractivity contribution is 14.1. The van der Waals surface area contributed by atoms with Crippen molar-refractivity contribution in [2.45, 2.75) is 21.9 Å². The molecule has 0 aliphatic carbocycles. The van der Waals surface area contributed by atoms with Crippen LogP contribution in [0.5, 0.6) is 11.5 Å². The van der Waals surface area contributed by atoms with Gasteiger partial charge in [0.2, 0.25) is 0 Å². The molecule has 0 spiro atoms. The van der Waals surface area contributed by atoms with Crippen molar-refractivity contribution in [3.8, 4) is 11.5 Å². The molecule has 6 nitrogen and oxygen atoms in total. The summed E-state index contributed by atoms with van der Waals surface area (Å²) in [7, 11) is 0. The van der Waals surface area contributed by atoms with E-state index < -0.39 is 5.54 Å². The molecule has 0 aromatic heterocycles. The van der Waals surface area contributed by atoms with Crippen molar-refractivity contribution >= 4 is 34.2 Å². The van der Waals surface area contributed by atoms with Gasteiger partial charge in [0.1, 0.15) is 46.6 Å². The molecule has 4 atom stereocenters. The van der Waals surface area contributed by atoms with Crippen LogP contribution in [0.2, 0.25) is 0 Å². The van der Waals surface area contributed by atoms with E-state index in [1.165, 1.54) is 0 Å². The molecule has 7 heteroatoms. The van der Waals surface area contributed by atoms with Gasteiger partial charge in [0, 0.05) is 11.3 Å². The van der Waals surface area contributed by atoms with Gasteiger partial charge in [-0.1, -0.05) is 60.7 Å². The molecule has 1 amide bonds. The minimum absolute atomic E-state index is 0.0395. The fourth-order valence-electron chi connectivity index (χ4n) is 5.36. The minimum atomic E-state index is -0.890. The van der Waals surface area contributed by atoms with Gasteiger partial charge in [-0.05, 0) is 81.7 Å². The topological polar surface area (TPSA) is 63.8 Å². The molecule has 7 rings (SSSR count). The average Bonchev–Trinajstić information content (AvgIpc) is 3.92. The van der Waals surface area contributed by atoms with Crippen LogP contribution in [0.25, 0.3) is 0 Å². The van der Waals surface area contributed by atoms with Crippen molar-refractivity contribution in [3.05, 3.63) is 125 Å². The van der Waals surface area contributed by atoms with E-state index in [-0.39, 0.29) is 22.2 Å². The number of alkyl halides is 1. The number of amides is 1. The average molecular weight is 631 g/mol. The minimum Gasteiger partial charge on any atom is -0.491 e. The number of fused-ring (bicyclic) bond motifs is 1. The van der Waals surface area contributed by atoms with Gasteiger partial charge in [0.15, 0.2) is 0 Å². The number of carbonyl (C=O) groups excluding carboxylic acids is 1. The molecule has 0 radical (unpaired) electrons. The van der Waals surface area contributed by atoms with E-state index in [1.54, 1.807) is 0 Å². The Balaban J connectivity index is 1.36. The summed E-state index contributed by atoms with van der Waals surface area (Å²) in [5.74, 6) is 1.50. The van der Waals surface area contributed by atoms with Crippen molar-refractivity contribution < 1.29 is 23.7 Å². The second-order valence-corrected chi connectivity index (χ2v) is 11.1. The van der Waals surface area contributed by atoms with Gasteiger partial charge in [0.25, 0.3) is 5.91 Å². The first-order chi connectivity index (χ1) is 19.1.